The van der Waals surface area contributed by atoms with E-state index in [-0.39, 0.29) is 23.8 Å². The van der Waals surface area contributed by atoms with Gasteiger partial charge in [0, 0.05) is 17.1 Å². The van der Waals surface area contributed by atoms with Gasteiger partial charge >= 0.3 is 0 Å². The number of hydrogen-bond acceptors (Lipinski definition) is 6. The van der Waals surface area contributed by atoms with E-state index in [9.17, 15) is 14.4 Å². The van der Waals surface area contributed by atoms with Gasteiger partial charge in [0.05, 0.1) is 24.3 Å². The lowest BCUT2D eigenvalue weighted by Gasteiger charge is -2.24. The van der Waals surface area contributed by atoms with Crippen LogP contribution < -0.4 is 26.2 Å². The average Bonchev–Trinajstić information content (AvgIpc) is 2.76. The van der Waals surface area contributed by atoms with E-state index in [1.165, 1.54) is 7.11 Å². The van der Waals surface area contributed by atoms with Crippen LogP contribution in [0.25, 0.3) is 0 Å². The van der Waals surface area contributed by atoms with Crippen LogP contribution in [-0.2, 0) is 9.59 Å². The second kappa shape index (κ2) is 8.72. The molecule has 1 aliphatic rings. The van der Waals surface area contributed by atoms with Crippen molar-refractivity contribution in [3.05, 3.63) is 69.0 Å². The third-order valence-corrected chi connectivity index (χ3v) is 5.56. The molecule has 0 radical (unpaired) electrons. The van der Waals surface area contributed by atoms with Gasteiger partial charge in [0.1, 0.15) is 11.6 Å². The van der Waals surface area contributed by atoms with Crippen LogP contribution >= 0.6 is 11.6 Å². The lowest BCUT2D eigenvalue weighted by molar-refractivity contribution is -0.123. The average molecular weight is 454 g/mol. The minimum Gasteiger partial charge on any atom is -0.495 e. The molecule has 4 N–H and O–H groups in total. The molecule has 1 atom stereocenters. The Morgan fingerprint density at radius 2 is 1.91 bits per heavy atom. The summed E-state index contributed by atoms with van der Waals surface area (Å²) in [5, 5.41) is 8.81. The third kappa shape index (κ3) is 4.15. The number of ether oxygens (including phenoxy) is 1. The standard InChI is InChI=1S/C22H20ClN5O4/c1-11-13(23)6-5-8-14(11)24-20(30)12-10-17(29)26-19-18(12)21(31)28-22(27-19)25-15-7-3-4-9-16(15)32-2/h3-9,12H,10H2,1-2H3,(H,24,30)(H3,25,26,27,28,29,31). The summed E-state index contributed by atoms with van der Waals surface area (Å²) >= 11 is 6.12. The fraction of sp³-hybridized carbons (Fsp3) is 0.182. The van der Waals surface area contributed by atoms with Gasteiger partial charge in [-0.05, 0) is 36.8 Å². The molecule has 4 rings (SSSR count). The number of methoxy groups -OCH3 is 1. The van der Waals surface area contributed by atoms with Gasteiger partial charge in [0.25, 0.3) is 5.56 Å². The molecule has 9 nitrogen and oxygen atoms in total. The molecule has 0 aliphatic carbocycles. The highest BCUT2D eigenvalue weighted by atomic mass is 35.5. The van der Waals surface area contributed by atoms with Gasteiger partial charge in [-0.2, -0.15) is 4.98 Å². The molecule has 2 heterocycles. The molecular formula is C22H20ClN5O4. The third-order valence-electron chi connectivity index (χ3n) is 5.15. The Morgan fingerprint density at radius 1 is 1.16 bits per heavy atom. The van der Waals surface area contributed by atoms with Crippen LogP contribution in [0.1, 0.15) is 23.5 Å². The minimum atomic E-state index is -1.01. The first-order valence-electron chi connectivity index (χ1n) is 9.77. The Bertz CT molecular complexity index is 1270. The van der Waals surface area contributed by atoms with Crippen molar-refractivity contribution in [2.75, 3.05) is 23.1 Å². The van der Waals surface area contributed by atoms with Gasteiger partial charge < -0.3 is 20.7 Å². The molecule has 2 amide bonds. The van der Waals surface area contributed by atoms with Gasteiger partial charge in [-0.1, -0.05) is 29.8 Å². The number of H-pyrrole nitrogens is 1. The fourth-order valence-electron chi connectivity index (χ4n) is 3.49. The topological polar surface area (TPSA) is 125 Å². The molecule has 0 saturated carbocycles. The first-order chi connectivity index (χ1) is 15.4. The minimum absolute atomic E-state index is 0.0327. The molecule has 1 aromatic heterocycles. The molecular weight excluding hydrogens is 434 g/mol. The Hall–Kier alpha value is -3.85. The predicted octanol–water partition coefficient (Wildman–Crippen LogP) is 3.55. The summed E-state index contributed by atoms with van der Waals surface area (Å²) in [7, 11) is 1.52. The maximum Gasteiger partial charge on any atom is 0.258 e. The first kappa shape index (κ1) is 21.4. The van der Waals surface area contributed by atoms with Crippen molar-refractivity contribution >= 4 is 46.6 Å². The summed E-state index contributed by atoms with van der Waals surface area (Å²) in [6.07, 6.45) is -0.178. The largest absolute Gasteiger partial charge is 0.495 e. The summed E-state index contributed by atoms with van der Waals surface area (Å²) < 4.78 is 5.29. The monoisotopic (exact) mass is 453 g/mol. The van der Waals surface area contributed by atoms with E-state index in [0.717, 1.165) is 0 Å². The molecule has 0 fully saturated rings. The van der Waals surface area contributed by atoms with E-state index >= 15 is 0 Å². The number of benzene rings is 2. The van der Waals surface area contributed by atoms with Crippen molar-refractivity contribution in [3.8, 4) is 5.75 Å². The van der Waals surface area contributed by atoms with Crippen LogP contribution in [0.5, 0.6) is 5.75 Å². The number of para-hydroxylation sites is 2. The number of carbonyl (C=O) groups is 2. The van der Waals surface area contributed by atoms with E-state index in [4.69, 9.17) is 16.3 Å². The molecule has 1 unspecified atom stereocenters. The Labute approximate surface area is 188 Å². The van der Waals surface area contributed by atoms with Crippen LogP contribution in [0.15, 0.2) is 47.3 Å². The maximum absolute atomic E-state index is 13.0. The van der Waals surface area contributed by atoms with E-state index < -0.39 is 23.3 Å². The number of hydrogen-bond donors (Lipinski definition) is 4. The Morgan fingerprint density at radius 3 is 2.69 bits per heavy atom. The number of nitrogens with zero attached hydrogens (tertiary/aromatic N) is 1. The highest BCUT2D eigenvalue weighted by Gasteiger charge is 2.35. The van der Waals surface area contributed by atoms with Crippen molar-refractivity contribution < 1.29 is 14.3 Å². The SMILES string of the molecule is COc1ccccc1Nc1nc2c(c(=O)[nH]1)C(C(=O)Nc1cccc(Cl)c1C)CC(=O)N2. The molecule has 0 bridgehead atoms. The molecule has 0 spiro atoms. The van der Waals surface area contributed by atoms with Gasteiger partial charge in [-0.15, -0.1) is 0 Å². The fourth-order valence-corrected chi connectivity index (χ4v) is 3.67. The number of carbonyl (C=O) groups excluding carboxylic acids is 2. The van der Waals surface area contributed by atoms with E-state index in [1.54, 1.807) is 49.4 Å². The summed E-state index contributed by atoms with van der Waals surface area (Å²) in [5.74, 6) is -1.23. The van der Waals surface area contributed by atoms with Gasteiger partial charge in [-0.3, -0.25) is 19.4 Å². The second-order valence-electron chi connectivity index (χ2n) is 7.21. The summed E-state index contributed by atoms with van der Waals surface area (Å²) in [6.45, 7) is 1.77. The van der Waals surface area contributed by atoms with E-state index in [0.29, 0.717) is 27.7 Å². The molecule has 10 heteroatoms. The summed E-state index contributed by atoms with van der Waals surface area (Å²) in [6, 6.07) is 12.2. The van der Waals surface area contributed by atoms with E-state index in [1.807, 2.05) is 0 Å². The first-order valence-corrected chi connectivity index (χ1v) is 10.1. The second-order valence-corrected chi connectivity index (χ2v) is 7.62. The van der Waals surface area contributed by atoms with Crippen LogP contribution in [0.3, 0.4) is 0 Å². The Kier molecular flexibility index (Phi) is 5.83. The lowest BCUT2D eigenvalue weighted by Crippen LogP contribution is -2.36. The summed E-state index contributed by atoms with van der Waals surface area (Å²) in [5.41, 5.74) is 1.33. The zero-order chi connectivity index (χ0) is 22.8. The van der Waals surface area contributed by atoms with Crippen LogP contribution in [0, 0.1) is 6.92 Å². The molecule has 2 aromatic carbocycles. The van der Waals surface area contributed by atoms with Crippen molar-refractivity contribution in [2.45, 2.75) is 19.3 Å². The van der Waals surface area contributed by atoms with Crippen molar-refractivity contribution in [3.63, 3.8) is 0 Å². The van der Waals surface area contributed by atoms with Gasteiger partial charge in [0.2, 0.25) is 17.8 Å². The zero-order valence-electron chi connectivity index (χ0n) is 17.3. The number of rotatable bonds is 5. The van der Waals surface area contributed by atoms with E-state index in [2.05, 4.69) is 25.9 Å². The molecule has 164 valence electrons. The molecule has 3 aromatic rings. The number of fused-ring (bicyclic) bond motifs is 1. The maximum atomic E-state index is 13.0. The van der Waals surface area contributed by atoms with Crippen molar-refractivity contribution in [1.29, 1.82) is 0 Å². The number of aromatic nitrogens is 2. The van der Waals surface area contributed by atoms with Crippen LogP contribution in [0.2, 0.25) is 5.02 Å². The normalized spacial score (nSPS) is 14.8. The summed E-state index contributed by atoms with van der Waals surface area (Å²) in [4.78, 5) is 45.1. The molecule has 0 saturated heterocycles. The number of aromatic amines is 1. The van der Waals surface area contributed by atoms with Crippen LogP contribution in [0.4, 0.5) is 23.1 Å². The lowest BCUT2D eigenvalue weighted by atomic mass is 9.92. The van der Waals surface area contributed by atoms with Gasteiger partial charge in [-0.25, -0.2) is 0 Å². The number of anilines is 4. The highest BCUT2D eigenvalue weighted by Crippen LogP contribution is 2.32. The molecule has 1 aliphatic heterocycles. The zero-order valence-corrected chi connectivity index (χ0v) is 18.0. The highest BCUT2D eigenvalue weighted by molar-refractivity contribution is 6.31. The Balaban J connectivity index is 1.66. The van der Waals surface area contributed by atoms with Crippen LogP contribution in [-0.4, -0.2) is 28.9 Å². The van der Waals surface area contributed by atoms with Crippen molar-refractivity contribution in [1.82, 2.24) is 9.97 Å². The number of halogens is 1. The smallest absolute Gasteiger partial charge is 0.258 e. The quantitative estimate of drug-likeness (QED) is 0.468. The number of amides is 2. The van der Waals surface area contributed by atoms with Crippen molar-refractivity contribution in [2.24, 2.45) is 0 Å². The predicted molar refractivity (Wildman–Crippen MR) is 122 cm³/mol. The number of nitrogens with one attached hydrogen (secondary N) is 4. The van der Waals surface area contributed by atoms with Gasteiger partial charge in [0.15, 0.2) is 0 Å². The molecule has 32 heavy (non-hydrogen) atoms.